The van der Waals surface area contributed by atoms with Crippen molar-refractivity contribution in [1.82, 2.24) is 4.98 Å². The number of hydrogen-bond acceptors (Lipinski definition) is 3. The van der Waals surface area contributed by atoms with Gasteiger partial charge in [-0.15, -0.1) is 11.3 Å². The zero-order valence-corrected chi connectivity index (χ0v) is 14.7. The number of benzene rings is 2. The molecular formula is C15H8Cl4N2S. The van der Waals surface area contributed by atoms with Gasteiger partial charge in [-0.05, 0) is 30.3 Å². The van der Waals surface area contributed by atoms with Crippen LogP contribution in [0.5, 0.6) is 0 Å². The summed E-state index contributed by atoms with van der Waals surface area (Å²) in [5.41, 5.74) is 2.17. The van der Waals surface area contributed by atoms with Crippen LogP contribution >= 0.6 is 57.7 Å². The maximum Gasteiger partial charge on any atom is 0.187 e. The molecule has 0 bridgehead atoms. The molecule has 7 heteroatoms. The molecule has 0 aliphatic rings. The van der Waals surface area contributed by atoms with Crippen molar-refractivity contribution < 1.29 is 0 Å². The van der Waals surface area contributed by atoms with Gasteiger partial charge in [0.05, 0.1) is 26.4 Å². The van der Waals surface area contributed by atoms with Crippen LogP contribution in [0.2, 0.25) is 20.1 Å². The van der Waals surface area contributed by atoms with Crippen molar-refractivity contribution in [2.45, 2.75) is 0 Å². The summed E-state index contributed by atoms with van der Waals surface area (Å²) < 4.78 is 0. The molecule has 1 N–H and O–H groups in total. The van der Waals surface area contributed by atoms with Gasteiger partial charge in [0, 0.05) is 16.0 Å². The third-order valence-electron chi connectivity index (χ3n) is 2.90. The normalized spacial score (nSPS) is 10.7. The summed E-state index contributed by atoms with van der Waals surface area (Å²) in [5.74, 6) is 0. The van der Waals surface area contributed by atoms with Crippen LogP contribution in [0.15, 0.2) is 41.8 Å². The first-order chi connectivity index (χ1) is 10.5. The number of halogens is 4. The third kappa shape index (κ3) is 3.34. The first-order valence-electron chi connectivity index (χ1n) is 6.16. The Morgan fingerprint density at radius 1 is 0.909 bits per heavy atom. The molecule has 3 aromatic rings. The van der Waals surface area contributed by atoms with Gasteiger partial charge in [-0.25, -0.2) is 4.98 Å². The first kappa shape index (κ1) is 15.9. The van der Waals surface area contributed by atoms with E-state index in [4.69, 9.17) is 46.4 Å². The number of nitrogens with zero attached hydrogens (tertiary/aromatic N) is 1. The molecule has 3 rings (SSSR count). The van der Waals surface area contributed by atoms with Gasteiger partial charge in [0.15, 0.2) is 5.13 Å². The summed E-state index contributed by atoms with van der Waals surface area (Å²) in [7, 11) is 0. The fourth-order valence-corrected chi connectivity index (χ4v) is 3.66. The molecule has 0 aliphatic carbocycles. The molecule has 0 amide bonds. The Morgan fingerprint density at radius 2 is 1.64 bits per heavy atom. The highest BCUT2D eigenvalue weighted by Gasteiger charge is 2.12. The van der Waals surface area contributed by atoms with Crippen molar-refractivity contribution in [1.29, 1.82) is 0 Å². The second kappa shape index (κ2) is 6.65. The molecule has 0 fully saturated rings. The lowest BCUT2D eigenvalue weighted by Crippen LogP contribution is -1.91. The molecule has 0 atom stereocenters. The number of rotatable bonds is 3. The van der Waals surface area contributed by atoms with Gasteiger partial charge in [-0.2, -0.15) is 0 Å². The Bertz CT molecular complexity index is 812. The maximum atomic E-state index is 6.20. The molecule has 2 nitrogen and oxygen atoms in total. The van der Waals surface area contributed by atoms with Crippen LogP contribution in [0.1, 0.15) is 0 Å². The van der Waals surface area contributed by atoms with Crippen molar-refractivity contribution in [2.75, 3.05) is 5.32 Å². The fraction of sp³-hybridized carbons (Fsp3) is 0. The second-order valence-corrected chi connectivity index (χ2v) is 6.90. The number of hydrogen-bond donors (Lipinski definition) is 1. The molecule has 0 aliphatic heterocycles. The number of aromatic nitrogens is 1. The summed E-state index contributed by atoms with van der Waals surface area (Å²) in [6.07, 6.45) is 0. The van der Waals surface area contributed by atoms with Gasteiger partial charge in [-0.3, -0.25) is 0 Å². The van der Waals surface area contributed by atoms with Crippen LogP contribution in [-0.4, -0.2) is 4.98 Å². The quantitative estimate of drug-likeness (QED) is 0.513. The lowest BCUT2D eigenvalue weighted by molar-refractivity contribution is 1.38. The van der Waals surface area contributed by atoms with E-state index in [2.05, 4.69) is 10.3 Å². The van der Waals surface area contributed by atoms with Crippen LogP contribution in [0, 0.1) is 0 Å². The fourth-order valence-electron chi connectivity index (χ4n) is 1.89. The van der Waals surface area contributed by atoms with E-state index in [1.165, 1.54) is 11.3 Å². The van der Waals surface area contributed by atoms with Crippen molar-refractivity contribution in [3.05, 3.63) is 61.9 Å². The highest BCUT2D eigenvalue weighted by Crippen LogP contribution is 2.37. The van der Waals surface area contributed by atoms with Crippen molar-refractivity contribution >= 4 is 68.6 Å². The molecule has 1 heterocycles. The average Bonchev–Trinajstić information content (AvgIpc) is 2.90. The van der Waals surface area contributed by atoms with E-state index in [0.29, 0.717) is 30.9 Å². The van der Waals surface area contributed by atoms with E-state index in [9.17, 15) is 0 Å². The average molecular weight is 390 g/mol. The molecule has 22 heavy (non-hydrogen) atoms. The highest BCUT2D eigenvalue weighted by atomic mass is 35.5. The van der Waals surface area contributed by atoms with Crippen LogP contribution in [-0.2, 0) is 0 Å². The Labute approximate surface area is 151 Å². The lowest BCUT2D eigenvalue weighted by Gasteiger charge is -2.06. The number of anilines is 2. The van der Waals surface area contributed by atoms with Crippen LogP contribution < -0.4 is 5.32 Å². The summed E-state index contributed by atoms with van der Waals surface area (Å²) in [5, 5.41) is 7.97. The summed E-state index contributed by atoms with van der Waals surface area (Å²) >= 11 is 25.9. The molecule has 0 saturated carbocycles. The van der Waals surface area contributed by atoms with Crippen molar-refractivity contribution in [3.63, 3.8) is 0 Å². The Hall–Kier alpha value is -0.970. The topological polar surface area (TPSA) is 24.9 Å². The maximum absolute atomic E-state index is 6.20. The molecule has 0 saturated heterocycles. The SMILES string of the molecule is Clc1ccc(Nc2nc(-c3c(Cl)cccc3Cl)cs2)c(Cl)c1. The first-order valence-corrected chi connectivity index (χ1v) is 8.56. The smallest absolute Gasteiger partial charge is 0.187 e. The van der Waals surface area contributed by atoms with E-state index in [-0.39, 0.29) is 0 Å². The summed E-state index contributed by atoms with van der Waals surface area (Å²) in [6, 6.07) is 10.6. The summed E-state index contributed by atoms with van der Waals surface area (Å²) in [6.45, 7) is 0. The monoisotopic (exact) mass is 388 g/mol. The molecule has 0 spiro atoms. The van der Waals surface area contributed by atoms with E-state index in [0.717, 1.165) is 11.3 Å². The van der Waals surface area contributed by atoms with Crippen molar-refractivity contribution in [2.24, 2.45) is 0 Å². The minimum atomic E-state index is 0.528. The minimum absolute atomic E-state index is 0.528. The molecule has 2 aromatic carbocycles. The molecule has 0 unspecified atom stereocenters. The molecular weight excluding hydrogens is 382 g/mol. The standard InChI is InChI=1S/C15H8Cl4N2S/c16-8-4-5-12(11(19)6-8)20-15-21-13(7-22-15)14-9(17)2-1-3-10(14)18/h1-7H,(H,20,21). The van der Waals surface area contributed by atoms with Crippen LogP contribution in [0.25, 0.3) is 11.3 Å². The zero-order chi connectivity index (χ0) is 15.7. The van der Waals surface area contributed by atoms with E-state index >= 15 is 0 Å². The lowest BCUT2D eigenvalue weighted by atomic mass is 10.2. The van der Waals surface area contributed by atoms with Gasteiger partial charge in [-0.1, -0.05) is 52.5 Å². The van der Waals surface area contributed by atoms with Gasteiger partial charge in [0.2, 0.25) is 0 Å². The van der Waals surface area contributed by atoms with Crippen molar-refractivity contribution in [3.8, 4) is 11.3 Å². The predicted octanol–water partition coefficient (Wildman–Crippen LogP) is 7.17. The van der Waals surface area contributed by atoms with E-state index in [1.807, 2.05) is 5.38 Å². The van der Waals surface area contributed by atoms with Crippen LogP contribution in [0.4, 0.5) is 10.8 Å². The highest BCUT2D eigenvalue weighted by molar-refractivity contribution is 7.14. The largest absolute Gasteiger partial charge is 0.330 e. The Kier molecular flexibility index (Phi) is 4.81. The zero-order valence-electron chi connectivity index (χ0n) is 10.9. The van der Waals surface area contributed by atoms with Gasteiger partial charge in [0.1, 0.15) is 0 Å². The molecule has 1 aromatic heterocycles. The summed E-state index contributed by atoms with van der Waals surface area (Å²) in [4.78, 5) is 4.51. The van der Waals surface area contributed by atoms with E-state index in [1.54, 1.807) is 36.4 Å². The van der Waals surface area contributed by atoms with Gasteiger partial charge < -0.3 is 5.32 Å². The number of thiazole rings is 1. The Balaban J connectivity index is 1.91. The minimum Gasteiger partial charge on any atom is -0.330 e. The Morgan fingerprint density at radius 3 is 2.32 bits per heavy atom. The predicted molar refractivity (Wildman–Crippen MR) is 97.3 cm³/mol. The molecule has 112 valence electrons. The molecule has 0 radical (unpaired) electrons. The van der Waals surface area contributed by atoms with Gasteiger partial charge >= 0.3 is 0 Å². The van der Waals surface area contributed by atoms with Crippen LogP contribution in [0.3, 0.4) is 0 Å². The van der Waals surface area contributed by atoms with E-state index < -0.39 is 0 Å². The number of nitrogens with one attached hydrogen (secondary N) is 1. The van der Waals surface area contributed by atoms with Gasteiger partial charge in [0.25, 0.3) is 0 Å². The second-order valence-electron chi connectivity index (χ2n) is 4.38. The third-order valence-corrected chi connectivity index (χ3v) is 4.83.